The third-order valence-electron chi connectivity index (χ3n) is 4.98. The number of esters is 1. The summed E-state index contributed by atoms with van der Waals surface area (Å²) in [4.78, 5) is 24.4. The van der Waals surface area contributed by atoms with Crippen molar-refractivity contribution < 1.29 is 23.5 Å². The Morgan fingerprint density at radius 3 is 2.18 bits per heavy atom. The van der Waals surface area contributed by atoms with Crippen molar-refractivity contribution in [2.24, 2.45) is 0 Å². The van der Waals surface area contributed by atoms with Crippen molar-refractivity contribution in [2.45, 2.75) is 25.5 Å². The molecule has 3 aromatic carbocycles. The highest BCUT2D eigenvalue weighted by atomic mass is 35.5. The largest absolute Gasteiger partial charge is 0.478 e. The molecular formula is C25H21Cl3FNO4. The Bertz CT molecular complexity index is 1220. The van der Waals surface area contributed by atoms with Crippen LogP contribution in [-0.4, -0.2) is 24.5 Å². The van der Waals surface area contributed by atoms with Gasteiger partial charge in [0.25, 0.3) is 5.91 Å². The van der Waals surface area contributed by atoms with Crippen molar-refractivity contribution >= 4 is 46.7 Å². The summed E-state index contributed by atoms with van der Waals surface area (Å²) < 4.78 is 25.7. The van der Waals surface area contributed by atoms with Crippen LogP contribution in [0, 0.1) is 5.82 Å². The molecule has 0 aromatic heterocycles. The van der Waals surface area contributed by atoms with Crippen molar-refractivity contribution in [3.63, 3.8) is 0 Å². The molecule has 3 rings (SSSR count). The fourth-order valence-corrected chi connectivity index (χ4v) is 3.82. The van der Waals surface area contributed by atoms with Crippen LogP contribution in [0.4, 0.5) is 4.39 Å². The highest BCUT2D eigenvalue weighted by molar-refractivity contribution is 6.35. The number of ether oxygens (including phenoxy) is 2. The SMILES string of the molecule is COC(=O)C(C)(C)NC(=O)c1ccc(OC(c2ccc(Cl)cc2)c2ccc(Cl)cc2Cl)c(F)c1. The van der Waals surface area contributed by atoms with Gasteiger partial charge in [0.15, 0.2) is 17.7 Å². The predicted molar refractivity (Wildman–Crippen MR) is 130 cm³/mol. The molecule has 1 atom stereocenters. The smallest absolute Gasteiger partial charge is 0.330 e. The lowest BCUT2D eigenvalue weighted by molar-refractivity contribution is -0.146. The van der Waals surface area contributed by atoms with Gasteiger partial charge in [-0.2, -0.15) is 0 Å². The zero-order valence-corrected chi connectivity index (χ0v) is 20.8. The van der Waals surface area contributed by atoms with Gasteiger partial charge in [-0.1, -0.05) is 53.0 Å². The Morgan fingerprint density at radius 2 is 1.59 bits per heavy atom. The van der Waals surface area contributed by atoms with Crippen LogP contribution in [0.3, 0.4) is 0 Å². The Kier molecular flexibility index (Phi) is 8.08. The number of methoxy groups -OCH3 is 1. The quantitative estimate of drug-likeness (QED) is 0.352. The molecule has 0 saturated carbocycles. The lowest BCUT2D eigenvalue weighted by Crippen LogP contribution is -2.50. The lowest BCUT2D eigenvalue weighted by atomic mass is 10.0. The molecule has 9 heteroatoms. The topological polar surface area (TPSA) is 64.6 Å². The molecule has 0 heterocycles. The number of rotatable bonds is 7. The molecule has 1 unspecified atom stereocenters. The Morgan fingerprint density at radius 1 is 0.941 bits per heavy atom. The highest BCUT2D eigenvalue weighted by Gasteiger charge is 2.31. The van der Waals surface area contributed by atoms with E-state index < -0.39 is 29.3 Å². The van der Waals surface area contributed by atoms with Crippen LogP contribution in [0.15, 0.2) is 60.7 Å². The average Bonchev–Trinajstić information content (AvgIpc) is 2.78. The van der Waals surface area contributed by atoms with Gasteiger partial charge >= 0.3 is 5.97 Å². The first-order valence-corrected chi connectivity index (χ1v) is 11.2. The van der Waals surface area contributed by atoms with Crippen molar-refractivity contribution in [2.75, 3.05) is 7.11 Å². The molecule has 0 spiro atoms. The van der Waals surface area contributed by atoms with Gasteiger partial charge in [-0.15, -0.1) is 0 Å². The van der Waals surface area contributed by atoms with E-state index in [1.165, 1.54) is 33.1 Å². The summed E-state index contributed by atoms with van der Waals surface area (Å²) in [6, 6.07) is 15.5. The van der Waals surface area contributed by atoms with Gasteiger partial charge in [0.05, 0.1) is 7.11 Å². The number of amides is 1. The number of nitrogens with one attached hydrogen (secondary N) is 1. The van der Waals surface area contributed by atoms with Crippen LogP contribution < -0.4 is 10.1 Å². The molecule has 0 bridgehead atoms. The first kappa shape index (κ1) is 25.8. The maximum Gasteiger partial charge on any atom is 0.330 e. The molecule has 0 fully saturated rings. The summed E-state index contributed by atoms with van der Waals surface area (Å²) >= 11 is 18.4. The normalized spacial score (nSPS) is 12.1. The third kappa shape index (κ3) is 6.00. The summed E-state index contributed by atoms with van der Waals surface area (Å²) in [5.41, 5.74) is -0.0406. The zero-order valence-electron chi connectivity index (χ0n) is 18.5. The van der Waals surface area contributed by atoms with Crippen LogP contribution in [0.5, 0.6) is 5.75 Å². The van der Waals surface area contributed by atoms with Gasteiger partial charge in [-0.05, 0) is 61.9 Å². The zero-order chi connectivity index (χ0) is 25.0. The second kappa shape index (κ2) is 10.6. The minimum atomic E-state index is -1.29. The average molecular weight is 525 g/mol. The van der Waals surface area contributed by atoms with E-state index in [0.717, 1.165) is 6.07 Å². The predicted octanol–water partition coefficient (Wildman–Crippen LogP) is 6.64. The molecule has 1 amide bonds. The first-order valence-electron chi connectivity index (χ1n) is 10.1. The summed E-state index contributed by atoms with van der Waals surface area (Å²) in [6.07, 6.45) is -0.783. The molecule has 1 N–H and O–H groups in total. The van der Waals surface area contributed by atoms with Crippen LogP contribution in [0.1, 0.15) is 41.4 Å². The van der Waals surface area contributed by atoms with Gasteiger partial charge in [0.2, 0.25) is 0 Å². The van der Waals surface area contributed by atoms with Crippen LogP contribution >= 0.6 is 34.8 Å². The Balaban J connectivity index is 1.92. The molecular weight excluding hydrogens is 504 g/mol. The van der Waals surface area contributed by atoms with E-state index in [-0.39, 0.29) is 11.3 Å². The maximum atomic E-state index is 15.0. The van der Waals surface area contributed by atoms with Gasteiger partial charge in [0.1, 0.15) is 5.54 Å². The summed E-state index contributed by atoms with van der Waals surface area (Å²) in [6.45, 7) is 2.97. The van der Waals surface area contributed by atoms with Crippen molar-refractivity contribution in [3.05, 3.63) is 98.2 Å². The monoisotopic (exact) mass is 523 g/mol. The number of carbonyl (C=O) groups is 2. The molecule has 0 saturated heterocycles. The van der Waals surface area contributed by atoms with Gasteiger partial charge in [-0.25, -0.2) is 9.18 Å². The summed E-state index contributed by atoms with van der Waals surface area (Å²) in [7, 11) is 1.21. The number of carbonyl (C=O) groups excluding carboxylic acids is 2. The lowest BCUT2D eigenvalue weighted by Gasteiger charge is -2.24. The molecule has 34 heavy (non-hydrogen) atoms. The van der Waals surface area contributed by atoms with Gasteiger partial charge in [-0.3, -0.25) is 4.79 Å². The van der Waals surface area contributed by atoms with Crippen molar-refractivity contribution in [1.29, 1.82) is 0 Å². The van der Waals surface area contributed by atoms with Crippen LogP contribution in [0.25, 0.3) is 0 Å². The van der Waals surface area contributed by atoms with Crippen LogP contribution in [-0.2, 0) is 9.53 Å². The summed E-state index contributed by atoms with van der Waals surface area (Å²) in [5, 5.41) is 3.83. The van der Waals surface area contributed by atoms with Crippen molar-refractivity contribution in [3.8, 4) is 5.75 Å². The minimum absolute atomic E-state index is 0.00870. The minimum Gasteiger partial charge on any atom is -0.478 e. The van der Waals surface area contributed by atoms with Crippen molar-refractivity contribution in [1.82, 2.24) is 5.32 Å². The third-order valence-corrected chi connectivity index (χ3v) is 5.79. The molecule has 5 nitrogen and oxygen atoms in total. The molecule has 0 aliphatic heterocycles. The molecule has 0 radical (unpaired) electrons. The van der Waals surface area contributed by atoms with E-state index in [1.807, 2.05) is 0 Å². The van der Waals surface area contributed by atoms with Crippen LogP contribution in [0.2, 0.25) is 15.1 Å². The fraction of sp³-hybridized carbons (Fsp3) is 0.200. The second-order valence-electron chi connectivity index (χ2n) is 7.93. The van der Waals surface area contributed by atoms with Gasteiger partial charge in [0, 0.05) is 26.2 Å². The van der Waals surface area contributed by atoms with E-state index in [1.54, 1.807) is 42.5 Å². The standard InChI is InChI=1S/C25H21Cl3FNO4/c1-25(2,24(32)33-3)30-23(31)15-6-11-21(20(29)12-15)34-22(14-4-7-16(26)8-5-14)18-10-9-17(27)13-19(18)28/h4-13,22H,1-3H3,(H,30,31). The maximum absolute atomic E-state index is 15.0. The number of hydrogen-bond donors (Lipinski definition) is 1. The van der Waals surface area contributed by atoms with Gasteiger partial charge < -0.3 is 14.8 Å². The number of hydrogen-bond acceptors (Lipinski definition) is 4. The molecule has 3 aromatic rings. The molecule has 0 aliphatic carbocycles. The number of halogens is 4. The fourth-order valence-electron chi connectivity index (χ4n) is 3.19. The first-order chi connectivity index (χ1) is 16.0. The number of benzene rings is 3. The van der Waals surface area contributed by atoms with E-state index in [2.05, 4.69) is 10.1 Å². The second-order valence-corrected chi connectivity index (χ2v) is 9.21. The Hall–Kier alpha value is -2.80. The highest BCUT2D eigenvalue weighted by Crippen LogP contribution is 2.35. The Labute approximate surface area is 211 Å². The van der Waals surface area contributed by atoms with E-state index in [0.29, 0.717) is 26.2 Å². The summed E-state index contributed by atoms with van der Waals surface area (Å²) in [5.74, 6) is -2.15. The van der Waals surface area contributed by atoms with E-state index in [9.17, 15) is 9.59 Å². The van der Waals surface area contributed by atoms with E-state index in [4.69, 9.17) is 39.5 Å². The molecule has 178 valence electrons. The van der Waals surface area contributed by atoms with E-state index >= 15 is 4.39 Å². The molecule has 0 aliphatic rings.